The number of aliphatic carboxylic acids is 1. The number of likely N-dealkylation sites (N-methyl/N-ethyl adjacent to an activating group) is 1. The maximum absolute atomic E-state index is 13.5. The van der Waals surface area contributed by atoms with Crippen LogP contribution in [0.1, 0.15) is 24.1 Å². The van der Waals surface area contributed by atoms with Gasteiger partial charge in [0.1, 0.15) is 18.2 Å². The molecule has 6 nitrogen and oxygen atoms in total. The molecule has 0 aliphatic heterocycles. The summed E-state index contributed by atoms with van der Waals surface area (Å²) in [6.45, 7) is 1.59. The van der Waals surface area contributed by atoms with Crippen LogP contribution >= 0.6 is 0 Å². The molecule has 2 aromatic carbocycles. The Hall–Kier alpha value is -3.09. The van der Waals surface area contributed by atoms with Crippen LogP contribution in [0, 0.1) is 5.82 Å². The van der Waals surface area contributed by atoms with Gasteiger partial charge in [0.15, 0.2) is 6.04 Å². The number of halogens is 1. The summed E-state index contributed by atoms with van der Waals surface area (Å²) in [5.74, 6) is -2.58. The molecule has 0 aliphatic rings. The molecule has 132 valence electrons. The van der Waals surface area contributed by atoms with Crippen LogP contribution in [-0.2, 0) is 16.1 Å². The molecule has 2 rings (SSSR count). The summed E-state index contributed by atoms with van der Waals surface area (Å²) in [7, 11) is 0. The average Bonchev–Trinajstić information content (AvgIpc) is 2.57. The topological polar surface area (TPSA) is 87.1 Å². The lowest BCUT2D eigenvalue weighted by Crippen LogP contribution is -2.39. The van der Waals surface area contributed by atoms with E-state index in [-0.39, 0.29) is 18.7 Å². The fraction of sp³-hybridized carbons (Fsp3) is 0.222. The number of rotatable bonds is 6. The molecule has 0 saturated carbocycles. The highest BCUT2D eigenvalue weighted by Crippen LogP contribution is 2.26. The van der Waals surface area contributed by atoms with Gasteiger partial charge in [-0.15, -0.1) is 0 Å². The highest BCUT2D eigenvalue weighted by Gasteiger charge is 2.32. The number of carbonyl (C=O) groups excluding carboxylic acids is 1. The van der Waals surface area contributed by atoms with Crippen LogP contribution in [0.25, 0.3) is 0 Å². The number of phenolic OH excluding ortho intramolecular Hbond substituents is 1. The minimum atomic E-state index is -1.48. The van der Waals surface area contributed by atoms with E-state index in [1.807, 2.05) is 6.07 Å². The zero-order valence-electron chi connectivity index (χ0n) is 13.6. The van der Waals surface area contributed by atoms with Gasteiger partial charge in [0, 0.05) is 12.6 Å². The van der Waals surface area contributed by atoms with Crippen LogP contribution in [0.4, 0.5) is 9.18 Å². The first kappa shape index (κ1) is 18.3. The standard InChI is InChI=1S/C18H18FNO5/c1-2-20(18(24)25-11-12-6-4-3-5-7-12)16(17(22)23)13-8-14(19)10-15(21)9-13/h3-10,16,21H,2,11H2,1H3,(H,22,23). The molecule has 1 atom stereocenters. The molecule has 0 bridgehead atoms. The quantitative estimate of drug-likeness (QED) is 0.837. The Morgan fingerprint density at radius 3 is 2.44 bits per heavy atom. The number of hydrogen-bond donors (Lipinski definition) is 2. The molecule has 2 aromatic rings. The van der Waals surface area contributed by atoms with Crippen molar-refractivity contribution in [2.75, 3.05) is 6.54 Å². The minimum absolute atomic E-state index is 0.0170. The molecule has 0 fully saturated rings. The Kier molecular flexibility index (Phi) is 5.94. The Morgan fingerprint density at radius 1 is 1.20 bits per heavy atom. The van der Waals surface area contributed by atoms with Crippen molar-refractivity contribution in [2.45, 2.75) is 19.6 Å². The SMILES string of the molecule is CCN(C(=O)OCc1ccccc1)C(C(=O)O)c1cc(O)cc(F)c1. The Bertz CT molecular complexity index is 730. The second kappa shape index (κ2) is 8.14. The number of phenols is 1. The molecule has 1 unspecified atom stereocenters. The van der Waals surface area contributed by atoms with Crippen molar-refractivity contribution < 1.29 is 28.9 Å². The van der Waals surface area contributed by atoms with E-state index in [1.165, 1.54) is 0 Å². The van der Waals surface area contributed by atoms with Crippen molar-refractivity contribution in [3.05, 3.63) is 65.5 Å². The van der Waals surface area contributed by atoms with Gasteiger partial charge in [0.05, 0.1) is 0 Å². The third-order valence-electron chi connectivity index (χ3n) is 3.55. The lowest BCUT2D eigenvalue weighted by atomic mass is 10.0. The Labute approximate surface area is 144 Å². The molecule has 0 spiro atoms. The summed E-state index contributed by atoms with van der Waals surface area (Å²) in [5, 5.41) is 19.0. The first-order valence-corrected chi connectivity index (χ1v) is 7.62. The number of aromatic hydroxyl groups is 1. The van der Waals surface area contributed by atoms with E-state index in [0.717, 1.165) is 28.7 Å². The van der Waals surface area contributed by atoms with E-state index in [4.69, 9.17) is 4.74 Å². The highest BCUT2D eigenvalue weighted by atomic mass is 19.1. The van der Waals surface area contributed by atoms with Crippen LogP contribution in [0.3, 0.4) is 0 Å². The summed E-state index contributed by atoms with van der Waals surface area (Å²) in [4.78, 5) is 24.9. The minimum Gasteiger partial charge on any atom is -0.508 e. The fourth-order valence-corrected chi connectivity index (χ4v) is 2.43. The van der Waals surface area contributed by atoms with Gasteiger partial charge in [-0.3, -0.25) is 4.90 Å². The lowest BCUT2D eigenvalue weighted by molar-refractivity contribution is -0.143. The van der Waals surface area contributed by atoms with Gasteiger partial charge in [0.2, 0.25) is 0 Å². The molecule has 1 amide bonds. The maximum Gasteiger partial charge on any atom is 0.411 e. The van der Waals surface area contributed by atoms with E-state index in [1.54, 1.807) is 31.2 Å². The van der Waals surface area contributed by atoms with Gasteiger partial charge in [-0.2, -0.15) is 0 Å². The number of carboxylic acids is 1. The fourth-order valence-electron chi connectivity index (χ4n) is 2.43. The predicted octanol–water partition coefficient (Wildman–Crippen LogP) is 3.32. The van der Waals surface area contributed by atoms with Gasteiger partial charge >= 0.3 is 12.1 Å². The number of amides is 1. The smallest absolute Gasteiger partial charge is 0.411 e. The third kappa shape index (κ3) is 4.69. The molecular weight excluding hydrogens is 329 g/mol. The molecule has 2 N–H and O–H groups in total. The largest absolute Gasteiger partial charge is 0.508 e. The van der Waals surface area contributed by atoms with Crippen molar-refractivity contribution in [2.24, 2.45) is 0 Å². The van der Waals surface area contributed by atoms with Gasteiger partial charge in [-0.1, -0.05) is 30.3 Å². The van der Waals surface area contributed by atoms with Crippen molar-refractivity contribution in [1.82, 2.24) is 4.90 Å². The maximum atomic E-state index is 13.5. The lowest BCUT2D eigenvalue weighted by Gasteiger charge is -2.27. The van der Waals surface area contributed by atoms with E-state index >= 15 is 0 Å². The predicted molar refractivity (Wildman–Crippen MR) is 87.4 cm³/mol. The van der Waals surface area contributed by atoms with Gasteiger partial charge in [-0.25, -0.2) is 14.0 Å². The molecule has 0 saturated heterocycles. The first-order chi connectivity index (χ1) is 11.9. The van der Waals surface area contributed by atoms with Crippen molar-refractivity contribution >= 4 is 12.1 Å². The average molecular weight is 347 g/mol. The van der Waals surface area contributed by atoms with E-state index in [0.29, 0.717) is 0 Å². The molecular formula is C18H18FNO5. The Morgan fingerprint density at radius 2 is 1.88 bits per heavy atom. The zero-order chi connectivity index (χ0) is 18.4. The van der Waals surface area contributed by atoms with Crippen LogP contribution in [0.5, 0.6) is 5.75 Å². The van der Waals surface area contributed by atoms with Crippen LogP contribution in [-0.4, -0.2) is 33.7 Å². The second-order valence-electron chi connectivity index (χ2n) is 5.31. The van der Waals surface area contributed by atoms with Crippen molar-refractivity contribution in [3.8, 4) is 5.75 Å². The molecule has 0 aliphatic carbocycles. The number of hydrogen-bond acceptors (Lipinski definition) is 4. The van der Waals surface area contributed by atoms with Crippen LogP contribution in [0.2, 0.25) is 0 Å². The number of carbonyl (C=O) groups is 2. The van der Waals surface area contributed by atoms with Crippen LogP contribution in [0.15, 0.2) is 48.5 Å². The number of nitrogens with zero attached hydrogens (tertiary/aromatic N) is 1. The Balaban J connectivity index is 2.21. The summed E-state index contributed by atoms with van der Waals surface area (Å²) < 4.78 is 18.7. The van der Waals surface area contributed by atoms with E-state index in [9.17, 15) is 24.2 Å². The summed E-state index contributed by atoms with van der Waals surface area (Å²) >= 11 is 0. The van der Waals surface area contributed by atoms with Crippen LogP contribution < -0.4 is 0 Å². The highest BCUT2D eigenvalue weighted by molar-refractivity contribution is 5.81. The van der Waals surface area contributed by atoms with Crippen molar-refractivity contribution in [3.63, 3.8) is 0 Å². The number of carboxylic acid groups (broad SMARTS) is 1. The first-order valence-electron chi connectivity index (χ1n) is 7.62. The summed E-state index contributed by atoms with van der Waals surface area (Å²) in [6.07, 6.45) is -0.845. The normalized spacial score (nSPS) is 11.6. The monoisotopic (exact) mass is 347 g/mol. The molecule has 0 radical (unpaired) electrons. The molecule has 25 heavy (non-hydrogen) atoms. The number of benzene rings is 2. The number of ether oxygens (including phenoxy) is 1. The summed E-state index contributed by atoms with van der Waals surface area (Å²) in [6, 6.07) is 10.4. The molecule has 0 heterocycles. The van der Waals surface area contributed by atoms with Crippen molar-refractivity contribution in [1.29, 1.82) is 0 Å². The van der Waals surface area contributed by atoms with E-state index in [2.05, 4.69) is 0 Å². The zero-order valence-corrected chi connectivity index (χ0v) is 13.6. The van der Waals surface area contributed by atoms with Gasteiger partial charge in [-0.05, 0) is 30.2 Å². The third-order valence-corrected chi connectivity index (χ3v) is 3.55. The van der Waals surface area contributed by atoms with Gasteiger partial charge < -0.3 is 14.9 Å². The molecule has 7 heteroatoms. The molecule has 0 aromatic heterocycles. The van der Waals surface area contributed by atoms with Gasteiger partial charge in [0.25, 0.3) is 0 Å². The second-order valence-corrected chi connectivity index (χ2v) is 5.31. The van der Waals surface area contributed by atoms with E-state index < -0.39 is 29.7 Å². The summed E-state index contributed by atoms with van der Waals surface area (Å²) in [5.41, 5.74) is 0.700.